The third kappa shape index (κ3) is 3.36. The molecule has 1 N–H and O–H groups in total. The van der Waals surface area contributed by atoms with Gasteiger partial charge in [-0.05, 0) is 24.7 Å². The second-order valence-corrected chi connectivity index (χ2v) is 6.98. The Balaban J connectivity index is 1.54. The van der Waals surface area contributed by atoms with Crippen molar-refractivity contribution in [1.82, 2.24) is 9.47 Å². The van der Waals surface area contributed by atoms with Gasteiger partial charge in [-0.1, -0.05) is 66.7 Å². The first-order valence-corrected chi connectivity index (χ1v) is 9.09. The Kier molecular flexibility index (Phi) is 4.74. The van der Waals surface area contributed by atoms with Gasteiger partial charge in [-0.2, -0.15) is 0 Å². The molecule has 0 aliphatic carbocycles. The largest absolute Gasteiger partial charge is 0.390 e. The van der Waals surface area contributed by atoms with Crippen LogP contribution in [0.15, 0.2) is 78.9 Å². The van der Waals surface area contributed by atoms with Gasteiger partial charge in [0.2, 0.25) is 0 Å². The number of hydrogen-bond acceptors (Lipinski definition) is 2. The highest BCUT2D eigenvalue weighted by atomic mass is 16.3. The summed E-state index contributed by atoms with van der Waals surface area (Å²) >= 11 is 0. The molecule has 26 heavy (non-hydrogen) atoms. The fourth-order valence-corrected chi connectivity index (χ4v) is 3.79. The molecule has 0 spiro atoms. The normalized spacial score (nSPS) is 12.9. The predicted molar refractivity (Wildman–Crippen MR) is 108 cm³/mol. The maximum atomic E-state index is 10.7. The zero-order valence-corrected chi connectivity index (χ0v) is 15.0. The number of aliphatic hydroxyl groups is 1. The molecule has 4 rings (SSSR count). The van der Waals surface area contributed by atoms with Gasteiger partial charge in [0.15, 0.2) is 0 Å². The van der Waals surface area contributed by atoms with Crippen LogP contribution in [0, 0.1) is 0 Å². The van der Waals surface area contributed by atoms with E-state index in [9.17, 15) is 5.11 Å². The Bertz CT molecular complexity index is 953. The second kappa shape index (κ2) is 7.32. The molecule has 132 valence electrons. The Labute approximate surface area is 154 Å². The molecule has 1 unspecified atom stereocenters. The molecule has 0 fully saturated rings. The van der Waals surface area contributed by atoms with Crippen molar-refractivity contribution in [3.63, 3.8) is 0 Å². The summed E-state index contributed by atoms with van der Waals surface area (Å²) in [5.41, 5.74) is 3.62. The molecular formula is C23H24N2O. The van der Waals surface area contributed by atoms with E-state index < -0.39 is 6.10 Å². The summed E-state index contributed by atoms with van der Waals surface area (Å²) in [6.07, 6.45) is -0.428. The Morgan fingerprint density at radius 2 is 1.35 bits per heavy atom. The number of aliphatic hydroxyl groups excluding tert-OH is 1. The number of aromatic nitrogens is 1. The highest BCUT2D eigenvalue weighted by Crippen LogP contribution is 2.28. The van der Waals surface area contributed by atoms with Gasteiger partial charge in [-0.3, -0.25) is 4.90 Å². The SMILES string of the molecule is CN(Cc1ccccc1)CC(O)Cn1c2ccccc2c2ccccc21. The molecule has 0 aliphatic rings. The van der Waals surface area contributed by atoms with Gasteiger partial charge in [0.1, 0.15) is 0 Å². The number of likely N-dealkylation sites (N-methyl/N-ethyl adjacent to an activating group) is 1. The number of benzene rings is 3. The third-order valence-electron chi connectivity index (χ3n) is 4.89. The molecule has 3 aromatic carbocycles. The molecule has 4 aromatic rings. The molecule has 0 aliphatic heterocycles. The number of hydrogen-bond donors (Lipinski definition) is 1. The zero-order chi connectivity index (χ0) is 17.9. The van der Waals surface area contributed by atoms with Crippen molar-refractivity contribution in [2.45, 2.75) is 19.2 Å². The highest BCUT2D eigenvalue weighted by Gasteiger charge is 2.14. The van der Waals surface area contributed by atoms with Crippen LogP contribution in [0.4, 0.5) is 0 Å². The van der Waals surface area contributed by atoms with E-state index in [1.54, 1.807) is 0 Å². The number of fused-ring (bicyclic) bond motifs is 3. The molecule has 3 heteroatoms. The van der Waals surface area contributed by atoms with Crippen LogP contribution in [0.2, 0.25) is 0 Å². The maximum absolute atomic E-state index is 10.7. The van der Waals surface area contributed by atoms with E-state index in [2.05, 4.69) is 89.3 Å². The average molecular weight is 344 g/mol. The summed E-state index contributed by atoms with van der Waals surface area (Å²) in [5.74, 6) is 0. The van der Waals surface area contributed by atoms with E-state index in [4.69, 9.17) is 0 Å². The van der Waals surface area contributed by atoms with Crippen molar-refractivity contribution in [2.75, 3.05) is 13.6 Å². The predicted octanol–water partition coefficient (Wildman–Crippen LogP) is 4.29. The minimum atomic E-state index is -0.428. The zero-order valence-electron chi connectivity index (χ0n) is 15.0. The second-order valence-electron chi connectivity index (χ2n) is 6.98. The molecule has 1 heterocycles. The Morgan fingerprint density at radius 1 is 0.808 bits per heavy atom. The van der Waals surface area contributed by atoms with Crippen molar-refractivity contribution in [2.24, 2.45) is 0 Å². The summed E-state index contributed by atoms with van der Waals surface area (Å²) < 4.78 is 2.24. The lowest BCUT2D eigenvalue weighted by molar-refractivity contribution is 0.109. The van der Waals surface area contributed by atoms with Gasteiger partial charge in [-0.25, -0.2) is 0 Å². The van der Waals surface area contributed by atoms with Crippen molar-refractivity contribution in [3.8, 4) is 0 Å². The first kappa shape index (κ1) is 16.8. The summed E-state index contributed by atoms with van der Waals surface area (Å²) in [7, 11) is 2.06. The fraction of sp³-hybridized carbons (Fsp3) is 0.217. The minimum Gasteiger partial charge on any atom is -0.390 e. The van der Waals surface area contributed by atoms with Gasteiger partial charge in [0.25, 0.3) is 0 Å². The molecule has 3 nitrogen and oxygen atoms in total. The minimum absolute atomic E-state index is 0.428. The quantitative estimate of drug-likeness (QED) is 0.565. The van der Waals surface area contributed by atoms with Crippen LogP contribution in [-0.4, -0.2) is 34.3 Å². The van der Waals surface area contributed by atoms with E-state index in [0.29, 0.717) is 13.1 Å². The van der Waals surface area contributed by atoms with Crippen LogP contribution in [0.3, 0.4) is 0 Å². The maximum Gasteiger partial charge on any atom is 0.0845 e. The third-order valence-corrected chi connectivity index (χ3v) is 4.89. The molecule has 0 amide bonds. The van der Waals surface area contributed by atoms with Gasteiger partial charge in [0.05, 0.1) is 12.6 Å². The summed E-state index contributed by atoms with van der Waals surface area (Å²) in [6.45, 7) is 2.06. The smallest absolute Gasteiger partial charge is 0.0845 e. The summed E-state index contributed by atoms with van der Waals surface area (Å²) in [4.78, 5) is 2.17. The Hall–Kier alpha value is -2.62. The first-order valence-electron chi connectivity index (χ1n) is 9.09. The molecule has 0 radical (unpaired) electrons. The molecular weight excluding hydrogens is 320 g/mol. The Morgan fingerprint density at radius 3 is 1.96 bits per heavy atom. The van der Waals surface area contributed by atoms with E-state index >= 15 is 0 Å². The van der Waals surface area contributed by atoms with Gasteiger partial charge in [0, 0.05) is 34.9 Å². The number of rotatable bonds is 6. The van der Waals surface area contributed by atoms with Crippen LogP contribution in [0.1, 0.15) is 5.56 Å². The number of para-hydroxylation sites is 2. The lowest BCUT2D eigenvalue weighted by Gasteiger charge is -2.21. The van der Waals surface area contributed by atoms with Crippen molar-refractivity contribution >= 4 is 21.8 Å². The van der Waals surface area contributed by atoms with Gasteiger partial charge in [-0.15, -0.1) is 0 Å². The van der Waals surface area contributed by atoms with Gasteiger partial charge < -0.3 is 9.67 Å². The molecule has 1 atom stereocenters. The lowest BCUT2D eigenvalue weighted by Crippen LogP contribution is -2.31. The number of nitrogens with zero attached hydrogens (tertiary/aromatic N) is 2. The first-order chi connectivity index (χ1) is 12.7. The van der Waals surface area contributed by atoms with Crippen molar-refractivity contribution < 1.29 is 5.11 Å². The molecule has 0 saturated carbocycles. The van der Waals surface area contributed by atoms with Crippen LogP contribution in [-0.2, 0) is 13.1 Å². The molecule has 0 bridgehead atoms. The fourth-order valence-electron chi connectivity index (χ4n) is 3.79. The van der Waals surface area contributed by atoms with Crippen LogP contribution < -0.4 is 0 Å². The van der Waals surface area contributed by atoms with E-state index in [0.717, 1.165) is 6.54 Å². The van der Waals surface area contributed by atoms with Gasteiger partial charge >= 0.3 is 0 Å². The summed E-state index contributed by atoms with van der Waals surface area (Å²) in [5, 5.41) is 13.2. The lowest BCUT2D eigenvalue weighted by atomic mass is 10.2. The van der Waals surface area contributed by atoms with E-state index in [-0.39, 0.29) is 0 Å². The molecule has 0 saturated heterocycles. The topological polar surface area (TPSA) is 28.4 Å². The van der Waals surface area contributed by atoms with Crippen molar-refractivity contribution in [1.29, 1.82) is 0 Å². The standard InChI is InChI=1S/C23H24N2O/c1-24(15-18-9-3-2-4-10-18)16-19(26)17-25-22-13-7-5-11-20(22)21-12-6-8-14-23(21)25/h2-14,19,26H,15-17H2,1H3. The van der Waals surface area contributed by atoms with Crippen LogP contribution >= 0.6 is 0 Å². The highest BCUT2D eigenvalue weighted by molar-refractivity contribution is 6.07. The summed E-state index contributed by atoms with van der Waals surface area (Å²) in [6, 6.07) is 27.2. The van der Waals surface area contributed by atoms with Crippen molar-refractivity contribution in [3.05, 3.63) is 84.4 Å². The van der Waals surface area contributed by atoms with Crippen LogP contribution in [0.25, 0.3) is 21.8 Å². The average Bonchev–Trinajstić information content (AvgIpc) is 2.97. The molecule has 1 aromatic heterocycles. The van der Waals surface area contributed by atoms with E-state index in [1.165, 1.54) is 27.4 Å². The van der Waals surface area contributed by atoms with Crippen LogP contribution in [0.5, 0.6) is 0 Å². The van der Waals surface area contributed by atoms with E-state index in [1.807, 2.05) is 6.07 Å². The monoisotopic (exact) mass is 344 g/mol.